The van der Waals surface area contributed by atoms with Gasteiger partial charge < -0.3 is 10.6 Å². The second-order valence-corrected chi connectivity index (χ2v) is 8.38. The Hall–Kier alpha value is -3.03. The van der Waals surface area contributed by atoms with Gasteiger partial charge in [-0.3, -0.25) is 19.5 Å². The van der Waals surface area contributed by atoms with Crippen molar-refractivity contribution in [2.24, 2.45) is 5.73 Å². The van der Waals surface area contributed by atoms with Gasteiger partial charge in [0.25, 0.3) is 5.91 Å². The number of nitrogens with two attached hydrogens (primary N) is 1. The van der Waals surface area contributed by atoms with Crippen molar-refractivity contribution in [1.82, 2.24) is 14.8 Å². The predicted octanol–water partition coefficient (Wildman–Crippen LogP) is 3.18. The largest absolute Gasteiger partial charge is 0.366 e. The monoisotopic (exact) mass is 420 g/mol. The molecule has 1 aliphatic rings. The number of carbonyl (C=O) groups excluding carboxylic acids is 2. The van der Waals surface area contributed by atoms with Crippen LogP contribution in [-0.4, -0.2) is 52.8 Å². The number of aryl methyl sites for hydroxylation is 1. The zero-order valence-electron chi connectivity index (χ0n) is 16.9. The lowest BCUT2D eigenvalue weighted by Crippen LogP contribution is -2.48. The average Bonchev–Trinajstić information content (AvgIpc) is 3.29. The summed E-state index contributed by atoms with van der Waals surface area (Å²) < 4.78 is 0. The minimum Gasteiger partial charge on any atom is -0.366 e. The topological polar surface area (TPSA) is 79.5 Å². The minimum atomic E-state index is -0.415. The van der Waals surface area contributed by atoms with Crippen LogP contribution in [-0.2, 0) is 6.54 Å². The number of pyridine rings is 1. The number of benzene rings is 1. The highest BCUT2D eigenvalue weighted by molar-refractivity contribution is 7.13. The van der Waals surface area contributed by atoms with Crippen LogP contribution in [0.4, 0.5) is 0 Å². The fraction of sp³-hybridized carbons (Fsp3) is 0.261. The summed E-state index contributed by atoms with van der Waals surface area (Å²) in [4.78, 5) is 34.2. The minimum absolute atomic E-state index is 0.0446. The Morgan fingerprint density at radius 1 is 1.03 bits per heavy atom. The van der Waals surface area contributed by atoms with E-state index in [-0.39, 0.29) is 5.91 Å². The lowest BCUT2D eigenvalue weighted by Gasteiger charge is -2.35. The average molecular weight is 421 g/mol. The van der Waals surface area contributed by atoms with E-state index in [2.05, 4.69) is 9.88 Å². The molecule has 0 spiro atoms. The highest BCUT2D eigenvalue weighted by atomic mass is 32.1. The maximum atomic E-state index is 13.0. The number of hydrogen-bond donors (Lipinski definition) is 1. The predicted molar refractivity (Wildman–Crippen MR) is 118 cm³/mol. The third-order valence-corrected chi connectivity index (χ3v) is 6.29. The summed E-state index contributed by atoms with van der Waals surface area (Å²) in [7, 11) is 0. The van der Waals surface area contributed by atoms with E-state index in [1.165, 1.54) is 0 Å². The molecular formula is C23H24N4O2S. The van der Waals surface area contributed by atoms with Crippen LogP contribution in [0.3, 0.4) is 0 Å². The van der Waals surface area contributed by atoms with Crippen molar-refractivity contribution in [3.05, 3.63) is 76.3 Å². The van der Waals surface area contributed by atoms with Crippen LogP contribution in [0.2, 0.25) is 0 Å². The van der Waals surface area contributed by atoms with E-state index < -0.39 is 5.91 Å². The maximum absolute atomic E-state index is 13.0. The van der Waals surface area contributed by atoms with Crippen LogP contribution in [0.15, 0.2) is 53.9 Å². The van der Waals surface area contributed by atoms with Crippen molar-refractivity contribution in [3.63, 3.8) is 0 Å². The zero-order chi connectivity index (χ0) is 21.1. The van der Waals surface area contributed by atoms with Gasteiger partial charge in [0.2, 0.25) is 5.91 Å². The molecule has 2 N–H and O–H groups in total. The van der Waals surface area contributed by atoms with Crippen molar-refractivity contribution in [1.29, 1.82) is 0 Å². The first-order valence-electron chi connectivity index (χ1n) is 9.93. The molecule has 0 unspecified atom stereocenters. The first-order valence-corrected chi connectivity index (χ1v) is 10.8. The highest BCUT2D eigenvalue weighted by Crippen LogP contribution is 2.24. The summed E-state index contributed by atoms with van der Waals surface area (Å²) >= 11 is 1.64. The van der Waals surface area contributed by atoms with Gasteiger partial charge in [-0.15, -0.1) is 11.3 Å². The summed E-state index contributed by atoms with van der Waals surface area (Å²) in [6.45, 7) is 5.67. The normalized spacial score (nSPS) is 14.6. The molecule has 1 aromatic carbocycles. The molecule has 2 aromatic heterocycles. The van der Waals surface area contributed by atoms with Crippen LogP contribution in [0, 0.1) is 6.92 Å². The Kier molecular flexibility index (Phi) is 5.92. The van der Waals surface area contributed by atoms with Crippen LogP contribution in [0.1, 0.15) is 32.0 Å². The molecular weight excluding hydrogens is 396 g/mol. The number of primary amides is 1. The summed E-state index contributed by atoms with van der Waals surface area (Å²) in [5, 5.41) is 2.02. The van der Waals surface area contributed by atoms with E-state index in [1.54, 1.807) is 23.5 Å². The molecule has 4 rings (SSSR count). The molecule has 6 nitrogen and oxygen atoms in total. The molecule has 154 valence electrons. The Labute approximate surface area is 180 Å². The molecule has 3 heterocycles. The Morgan fingerprint density at radius 2 is 1.77 bits per heavy atom. The first kappa shape index (κ1) is 20.3. The van der Waals surface area contributed by atoms with Gasteiger partial charge in [-0.25, -0.2) is 0 Å². The van der Waals surface area contributed by atoms with E-state index in [4.69, 9.17) is 5.73 Å². The number of carbonyl (C=O) groups is 2. The van der Waals surface area contributed by atoms with Gasteiger partial charge >= 0.3 is 0 Å². The molecule has 7 heteroatoms. The lowest BCUT2D eigenvalue weighted by molar-refractivity contribution is 0.0627. The van der Waals surface area contributed by atoms with Gasteiger partial charge in [0.15, 0.2) is 0 Å². The summed E-state index contributed by atoms with van der Waals surface area (Å²) in [5.74, 6) is -0.370. The van der Waals surface area contributed by atoms with Gasteiger partial charge in [0.1, 0.15) is 0 Å². The van der Waals surface area contributed by atoms with E-state index in [9.17, 15) is 9.59 Å². The summed E-state index contributed by atoms with van der Waals surface area (Å²) in [6, 6.07) is 15.2. The van der Waals surface area contributed by atoms with Gasteiger partial charge in [-0.1, -0.05) is 18.2 Å². The third kappa shape index (κ3) is 4.42. The van der Waals surface area contributed by atoms with Gasteiger partial charge in [0, 0.05) is 38.3 Å². The molecule has 0 bridgehead atoms. The van der Waals surface area contributed by atoms with Crippen molar-refractivity contribution in [2.45, 2.75) is 13.5 Å². The fourth-order valence-corrected chi connectivity index (χ4v) is 4.36. The molecule has 30 heavy (non-hydrogen) atoms. The second kappa shape index (κ2) is 8.77. The number of rotatable bonds is 5. The van der Waals surface area contributed by atoms with Crippen LogP contribution in [0.5, 0.6) is 0 Å². The number of hydrogen-bond acceptors (Lipinski definition) is 5. The molecule has 0 radical (unpaired) electrons. The van der Waals surface area contributed by atoms with Crippen molar-refractivity contribution in [2.75, 3.05) is 26.2 Å². The molecule has 1 fully saturated rings. The van der Waals surface area contributed by atoms with E-state index in [1.807, 2.05) is 53.6 Å². The molecule has 0 atom stereocenters. The molecule has 1 saturated heterocycles. The number of thiophene rings is 1. The quantitative estimate of drug-likeness (QED) is 0.688. The third-order valence-electron chi connectivity index (χ3n) is 5.39. The van der Waals surface area contributed by atoms with Crippen LogP contribution >= 0.6 is 11.3 Å². The standard InChI is InChI=1S/C23H24N4O2S/c1-16-19(8-9-20(25-16)21-3-2-14-30-21)23(29)27-12-10-26(11-13-27)15-17-4-6-18(7-5-17)22(24)28/h2-9,14H,10-13,15H2,1H3,(H2,24,28). The first-order chi connectivity index (χ1) is 14.5. The molecule has 3 aromatic rings. The SMILES string of the molecule is Cc1nc(-c2cccs2)ccc1C(=O)N1CCN(Cc2ccc(C(N)=O)cc2)CC1. The smallest absolute Gasteiger partial charge is 0.255 e. The van der Waals surface area contributed by atoms with E-state index in [0.717, 1.165) is 41.5 Å². The molecule has 0 saturated carbocycles. The zero-order valence-corrected chi connectivity index (χ0v) is 17.7. The molecule has 0 aliphatic carbocycles. The van der Waals surface area contributed by atoms with Gasteiger partial charge in [0.05, 0.1) is 21.8 Å². The summed E-state index contributed by atoms with van der Waals surface area (Å²) in [6.07, 6.45) is 0. The summed E-state index contributed by atoms with van der Waals surface area (Å²) in [5.41, 5.74) is 9.29. The highest BCUT2D eigenvalue weighted by Gasteiger charge is 2.24. The second-order valence-electron chi connectivity index (χ2n) is 7.44. The van der Waals surface area contributed by atoms with E-state index in [0.29, 0.717) is 24.2 Å². The number of piperazine rings is 1. The van der Waals surface area contributed by atoms with Gasteiger partial charge in [-0.05, 0) is 48.2 Å². The number of nitrogens with zero attached hydrogens (tertiary/aromatic N) is 3. The number of amides is 2. The number of aromatic nitrogens is 1. The fourth-order valence-electron chi connectivity index (χ4n) is 3.66. The van der Waals surface area contributed by atoms with Crippen LogP contribution in [0.25, 0.3) is 10.6 Å². The van der Waals surface area contributed by atoms with Crippen molar-refractivity contribution < 1.29 is 9.59 Å². The Bertz CT molecular complexity index is 1040. The van der Waals surface area contributed by atoms with E-state index >= 15 is 0 Å². The van der Waals surface area contributed by atoms with Crippen LogP contribution < -0.4 is 5.73 Å². The Morgan fingerprint density at radius 3 is 2.37 bits per heavy atom. The maximum Gasteiger partial charge on any atom is 0.255 e. The van der Waals surface area contributed by atoms with Gasteiger partial charge in [-0.2, -0.15) is 0 Å². The lowest BCUT2D eigenvalue weighted by atomic mass is 10.1. The molecule has 1 aliphatic heterocycles. The molecule has 2 amide bonds. The van der Waals surface area contributed by atoms with Crippen molar-refractivity contribution in [3.8, 4) is 10.6 Å². The Balaban J connectivity index is 1.35. The van der Waals surface area contributed by atoms with Crippen molar-refractivity contribution >= 4 is 23.2 Å².